The standard InChI is InChI=1S/C20H17NO4/c22-17-9-8-14-11-16(7-6-15(14)12-17)19(23)21-18(20(24)25)10-13-4-2-1-3-5-13/h1-9,11-12,18,22H,10H2,(H,21,23)(H,24,25)/t18-/m0/s1. The highest BCUT2D eigenvalue weighted by atomic mass is 16.4. The topological polar surface area (TPSA) is 86.6 Å². The summed E-state index contributed by atoms with van der Waals surface area (Å²) in [5.41, 5.74) is 1.21. The Kier molecular flexibility index (Phi) is 4.66. The van der Waals surface area contributed by atoms with Crippen LogP contribution in [0.2, 0.25) is 0 Å². The highest BCUT2D eigenvalue weighted by Gasteiger charge is 2.21. The molecule has 0 fully saturated rings. The number of benzene rings is 3. The molecule has 0 aliphatic rings. The van der Waals surface area contributed by atoms with E-state index in [4.69, 9.17) is 0 Å². The van der Waals surface area contributed by atoms with Gasteiger partial charge in [0.2, 0.25) is 0 Å². The zero-order chi connectivity index (χ0) is 17.8. The maximum absolute atomic E-state index is 12.4. The van der Waals surface area contributed by atoms with E-state index in [-0.39, 0.29) is 12.2 Å². The Morgan fingerprint density at radius 3 is 2.32 bits per heavy atom. The van der Waals surface area contributed by atoms with Gasteiger partial charge in [-0.2, -0.15) is 0 Å². The van der Waals surface area contributed by atoms with E-state index >= 15 is 0 Å². The fourth-order valence-corrected chi connectivity index (χ4v) is 2.67. The number of hydrogen-bond acceptors (Lipinski definition) is 3. The van der Waals surface area contributed by atoms with E-state index in [0.29, 0.717) is 5.56 Å². The van der Waals surface area contributed by atoms with Crippen molar-refractivity contribution in [1.29, 1.82) is 0 Å². The Morgan fingerprint density at radius 1 is 0.920 bits per heavy atom. The molecule has 3 N–H and O–H groups in total. The summed E-state index contributed by atoms with van der Waals surface area (Å²) in [6, 6.07) is 18.0. The quantitative estimate of drug-likeness (QED) is 0.669. The van der Waals surface area contributed by atoms with Crippen molar-refractivity contribution in [2.24, 2.45) is 0 Å². The summed E-state index contributed by atoms with van der Waals surface area (Å²) < 4.78 is 0. The number of carboxylic acids is 1. The number of carboxylic acid groups (broad SMARTS) is 1. The smallest absolute Gasteiger partial charge is 0.326 e. The van der Waals surface area contributed by atoms with Crippen molar-refractivity contribution in [2.45, 2.75) is 12.5 Å². The Labute approximate surface area is 144 Å². The van der Waals surface area contributed by atoms with Crippen molar-refractivity contribution in [1.82, 2.24) is 5.32 Å². The Hall–Kier alpha value is -3.34. The van der Waals surface area contributed by atoms with Crippen LogP contribution in [-0.4, -0.2) is 28.1 Å². The molecule has 0 heterocycles. The van der Waals surface area contributed by atoms with Gasteiger partial charge in [-0.05, 0) is 40.6 Å². The number of rotatable bonds is 5. The molecule has 0 radical (unpaired) electrons. The Bertz CT molecular complexity index is 921. The number of hydrogen-bond donors (Lipinski definition) is 3. The summed E-state index contributed by atoms with van der Waals surface area (Å²) in [6.07, 6.45) is 0.212. The first kappa shape index (κ1) is 16.5. The summed E-state index contributed by atoms with van der Waals surface area (Å²) in [7, 11) is 0. The predicted molar refractivity (Wildman–Crippen MR) is 94.6 cm³/mol. The van der Waals surface area contributed by atoms with E-state index in [9.17, 15) is 19.8 Å². The number of carbonyl (C=O) groups excluding carboxylic acids is 1. The van der Waals surface area contributed by atoms with Crippen molar-refractivity contribution < 1.29 is 19.8 Å². The van der Waals surface area contributed by atoms with Crippen LogP contribution in [-0.2, 0) is 11.2 Å². The summed E-state index contributed by atoms with van der Waals surface area (Å²) in [5.74, 6) is -1.38. The molecule has 0 aromatic heterocycles. The first-order valence-corrected chi connectivity index (χ1v) is 7.83. The first-order valence-electron chi connectivity index (χ1n) is 7.83. The predicted octanol–water partition coefficient (Wildman–Crippen LogP) is 2.97. The lowest BCUT2D eigenvalue weighted by atomic mass is 10.0. The summed E-state index contributed by atoms with van der Waals surface area (Å²) in [5, 5.41) is 23.0. The monoisotopic (exact) mass is 335 g/mol. The van der Waals surface area contributed by atoms with Crippen LogP contribution in [0, 0.1) is 0 Å². The molecule has 0 saturated heterocycles. The number of phenols is 1. The third kappa shape index (κ3) is 3.95. The molecule has 1 atom stereocenters. The van der Waals surface area contributed by atoms with Crippen LogP contribution in [0.25, 0.3) is 10.8 Å². The molecular formula is C20H17NO4. The van der Waals surface area contributed by atoms with E-state index < -0.39 is 17.9 Å². The number of phenolic OH excluding ortho intramolecular Hbond substituents is 1. The second-order valence-corrected chi connectivity index (χ2v) is 5.80. The molecule has 126 valence electrons. The van der Waals surface area contributed by atoms with Crippen molar-refractivity contribution >= 4 is 22.6 Å². The van der Waals surface area contributed by atoms with Crippen molar-refractivity contribution in [3.8, 4) is 5.75 Å². The molecule has 0 aliphatic carbocycles. The van der Waals surface area contributed by atoms with Crippen LogP contribution in [0.4, 0.5) is 0 Å². The van der Waals surface area contributed by atoms with Gasteiger partial charge in [0.1, 0.15) is 11.8 Å². The molecule has 0 unspecified atom stereocenters. The molecule has 0 saturated carbocycles. The van der Waals surface area contributed by atoms with Crippen LogP contribution in [0.1, 0.15) is 15.9 Å². The molecule has 0 bridgehead atoms. The van der Waals surface area contributed by atoms with Gasteiger partial charge in [-0.1, -0.05) is 42.5 Å². The molecule has 5 heteroatoms. The Balaban J connectivity index is 1.79. The molecule has 25 heavy (non-hydrogen) atoms. The van der Waals surface area contributed by atoms with E-state index in [1.54, 1.807) is 36.4 Å². The zero-order valence-electron chi connectivity index (χ0n) is 13.3. The van der Waals surface area contributed by atoms with Gasteiger partial charge in [-0.25, -0.2) is 4.79 Å². The minimum Gasteiger partial charge on any atom is -0.508 e. The molecule has 3 aromatic rings. The Morgan fingerprint density at radius 2 is 1.60 bits per heavy atom. The van der Waals surface area contributed by atoms with E-state index in [1.807, 2.05) is 30.3 Å². The van der Waals surface area contributed by atoms with Gasteiger partial charge in [0.05, 0.1) is 0 Å². The molecule has 3 rings (SSSR count). The summed E-state index contributed by atoms with van der Waals surface area (Å²) in [4.78, 5) is 23.9. The fraction of sp³-hybridized carbons (Fsp3) is 0.100. The number of aromatic hydroxyl groups is 1. The normalized spacial score (nSPS) is 11.8. The van der Waals surface area contributed by atoms with Gasteiger partial charge in [-0.3, -0.25) is 4.79 Å². The largest absolute Gasteiger partial charge is 0.508 e. The molecule has 0 spiro atoms. The number of nitrogens with one attached hydrogen (secondary N) is 1. The summed E-state index contributed by atoms with van der Waals surface area (Å²) >= 11 is 0. The van der Waals surface area contributed by atoms with Gasteiger partial charge in [-0.15, -0.1) is 0 Å². The fourth-order valence-electron chi connectivity index (χ4n) is 2.67. The SMILES string of the molecule is O=C(N[C@@H](Cc1ccccc1)C(=O)O)c1ccc2cc(O)ccc2c1. The van der Waals surface area contributed by atoms with Crippen molar-refractivity contribution in [3.63, 3.8) is 0 Å². The van der Waals surface area contributed by atoms with Gasteiger partial charge in [0.15, 0.2) is 0 Å². The molecule has 0 aliphatic heterocycles. The highest BCUT2D eigenvalue weighted by molar-refractivity contribution is 6.00. The van der Waals surface area contributed by atoms with Crippen LogP contribution in [0.5, 0.6) is 5.75 Å². The second kappa shape index (κ2) is 7.05. The average molecular weight is 335 g/mol. The van der Waals surface area contributed by atoms with Crippen LogP contribution in [0.3, 0.4) is 0 Å². The first-order chi connectivity index (χ1) is 12.0. The summed E-state index contributed by atoms with van der Waals surface area (Å²) in [6.45, 7) is 0. The lowest BCUT2D eigenvalue weighted by molar-refractivity contribution is -0.139. The number of amides is 1. The van der Waals surface area contributed by atoms with Gasteiger partial charge >= 0.3 is 5.97 Å². The third-order valence-corrected chi connectivity index (χ3v) is 3.97. The van der Waals surface area contributed by atoms with E-state index in [2.05, 4.69) is 5.32 Å². The molecular weight excluding hydrogens is 318 g/mol. The molecule has 3 aromatic carbocycles. The van der Waals surface area contributed by atoms with Crippen molar-refractivity contribution in [2.75, 3.05) is 0 Å². The minimum absolute atomic E-state index is 0.151. The lowest BCUT2D eigenvalue weighted by Gasteiger charge is -2.15. The van der Waals surface area contributed by atoms with Crippen molar-refractivity contribution in [3.05, 3.63) is 77.9 Å². The van der Waals surface area contributed by atoms with E-state index in [1.165, 1.54) is 0 Å². The number of carbonyl (C=O) groups is 2. The average Bonchev–Trinajstić information content (AvgIpc) is 2.61. The van der Waals surface area contributed by atoms with Gasteiger partial charge in [0, 0.05) is 12.0 Å². The van der Waals surface area contributed by atoms with Gasteiger partial charge < -0.3 is 15.5 Å². The maximum Gasteiger partial charge on any atom is 0.326 e. The molecule has 1 amide bonds. The van der Waals surface area contributed by atoms with Gasteiger partial charge in [0.25, 0.3) is 5.91 Å². The van der Waals surface area contributed by atoms with Crippen LogP contribution >= 0.6 is 0 Å². The number of fused-ring (bicyclic) bond motifs is 1. The molecule has 5 nitrogen and oxygen atoms in total. The highest BCUT2D eigenvalue weighted by Crippen LogP contribution is 2.21. The second-order valence-electron chi connectivity index (χ2n) is 5.80. The zero-order valence-corrected chi connectivity index (χ0v) is 13.3. The maximum atomic E-state index is 12.4. The van der Waals surface area contributed by atoms with Crippen LogP contribution < -0.4 is 5.32 Å². The number of aliphatic carboxylic acids is 1. The van der Waals surface area contributed by atoms with E-state index in [0.717, 1.165) is 16.3 Å². The van der Waals surface area contributed by atoms with Crippen LogP contribution in [0.15, 0.2) is 66.7 Å². The minimum atomic E-state index is -1.08. The third-order valence-electron chi connectivity index (χ3n) is 3.97. The lowest BCUT2D eigenvalue weighted by Crippen LogP contribution is -2.42.